The first kappa shape index (κ1) is 23.7. The molecule has 0 radical (unpaired) electrons. The Morgan fingerprint density at radius 2 is 1.61 bits per heavy atom. The average molecular weight is 447 g/mol. The number of carbonyl (C=O) groups is 1. The zero-order valence-corrected chi connectivity index (χ0v) is 20.0. The number of nitriles is 1. The van der Waals surface area contributed by atoms with Gasteiger partial charge in [-0.25, -0.2) is 8.42 Å². The van der Waals surface area contributed by atoms with E-state index in [4.69, 9.17) is 0 Å². The molecule has 8 heteroatoms. The van der Waals surface area contributed by atoms with E-state index < -0.39 is 15.6 Å². The monoisotopic (exact) mass is 446 g/mol. The molecular formula is C23H34N4O3S. The number of rotatable bonds is 5. The van der Waals surface area contributed by atoms with E-state index in [2.05, 4.69) is 6.07 Å². The molecule has 1 saturated carbocycles. The van der Waals surface area contributed by atoms with Gasteiger partial charge in [0.1, 0.15) is 5.54 Å². The first-order chi connectivity index (χ1) is 14.6. The van der Waals surface area contributed by atoms with Crippen molar-refractivity contribution in [3.8, 4) is 6.07 Å². The van der Waals surface area contributed by atoms with Gasteiger partial charge in [-0.15, -0.1) is 0 Å². The Morgan fingerprint density at radius 3 is 2.13 bits per heavy atom. The molecule has 0 spiro atoms. The van der Waals surface area contributed by atoms with Gasteiger partial charge >= 0.3 is 0 Å². The molecule has 0 aromatic heterocycles. The Morgan fingerprint density at radius 1 is 1.06 bits per heavy atom. The molecule has 1 aromatic rings. The van der Waals surface area contributed by atoms with Crippen LogP contribution in [0.4, 0.5) is 0 Å². The molecule has 31 heavy (non-hydrogen) atoms. The molecule has 0 atom stereocenters. The largest absolute Gasteiger partial charge is 0.326 e. The second kappa shape index (κ2) is 9.27. The number of carbonyl (C=O) groups excluding carboxylic acids is 1. The molecule has 3 rings (SSSR count). The van der Waals surface area contributed by atoms with Gasteiger partial charge in [0.05, 0.1) is 17.5 Å². The SMILES string of the molecule is Cc1cc(C)c(S(=O)(=O)N2CCN(CC(=O)N(C)C3(C#N)CCCCC3)CC2)c(C)c1. The lowest BCUT2D eigenvalue weighted by Crippen LogP contribution is -2.55. The second-order valence-electron chi connectivity index (χ2n) is 9.06. The topological polar surface area (TPSA) is 84.7 Å². The summed E-state index contributed by atoms with van der Waals surface area (Å²) >= 11 is 0. The summed E-state index contributed by atoms with van der Waals surface area (Å²) in [6.07, 6.45) is 4.51. The van der Waals surface area contributed by atoms with Gasteiger partial charge in [0.25, 0.3) is 0 Å². The summed E-state index contributed by atoms with van der Waals surface area (Å²) < 4.78 is 28.1. The number of nitrogens with zero attached hydrogens (tertiary/aromatic N) is 4. The van der Waals surface area contributed by atoms with Crippen molar-refractivity contribution in [1.82, 2.24) is 14.1 Å². The van der Waals surface area contributed by atoms with E-state index in [-0.39, 0.29) is 12.5 Å². The van der Waals surface area contributed by atoms with Crippen LogP contribution in [0, 0.1) is 32.1 Å². The van der Waals surface area contributed by atoms with Crippen LogP contribution in [0.15, 0.2) is 17.0 Å². The first-order valence-corrected chi connectivity index (χ1v) is 12.5. The molecule has 1 saturated heterocycles. The standard InChI is InChI=1S/C23H34N4O3S/c1-18-14-19(2)22(20(3)15-18)31(29,30)27-12-10-26(11-13-27)16-21(28)25(4)23(17-24)8-6-5-7-9-23/h14-15H,5-13,16H2,1-4H3. The van der Waals surface area contributed by atoms with Crippen molar-refractivity contribution < 1.29 is 13.2 Å². The highest BCUT2D eigenvalue weighted by atomic mass is 32.2. The van der Waals surface area contributed by atoms with Gasteiger partial charge in [-0.2, -0.15) is 9.57 Å². The van der Waals surface area contributed by atoms with Crippen molar-refractivity contribution in [1.29, 1.82) is 5.26 Å². The normalized spacial score (nSPS) is 20.2. The molecule has 0 bridgehead atoms. The zero-order chi connectivity index (χ0) is 22.8. The van der Waals surface area contributed by atoms with Crippen LogP contribution >= 0.6 is 0 Å². The van der Waals surface area contributed by atoms with Crippen molar-refractivity contribution in [3.05, 3.63) is 28.8 Å². The molecule has 2 fully saturated rings. The van der Waals surface area contributed by atoms with Crippen LogP contribution in [-0.2, 0) is 14.8 Å². The third kappa shape index (κ3) is 4.79. The van der Waals surface area contributed by atoms with Crippen LogP contribution < -0.4 is 0 Å². The van der Waals surface area contributed by atoms with Crippen molar-refractivity contribution in [2.24, 2.45) is 0 Å². The summed E-state index contributed by atoms with van der Waals surface area (Å²) in [6.45, 7) is 7.58. The second-order valence-corrected chi connectivity index (χ2v) is 10.9. The number of hydrogen-bond acceptors (Lipinski definition) is 5. The Balaban J connectivity index is 1.63. The molecule has 1 aliphatic heterocycles. The third-order valence-electron chi connectivity index (χ3n) is 6.80. The minimum Gasteiger partial charge on any atom is -0.326 e. The van der Waals surface area contributed by atoms with Crippen molar-refractivity contribution >= 4 is 15.9 Å². The maximum Gasteiger partial charge on any atom is 0.243 e. The van der Waals surface area contributed by atoms with Crippen LogP contribution in [0.2, 0.25) is 0 Å². The predicted octanol–water partition coefficient (Wildman–Crippen LogP) is 2.60. The molecule has 2 aliphatic rings. The molecule has 0 unspecified atom stereocenters. The van der Waals surface area contributed by atoms with Crippen LogP contribution in [-0.4, -0.2) is 73.7 Å². The van der Waals surface area contributed by atoms with Gasteiger partial charge < -0.3 is 4.90 Å². The fourth-order valence-electron chi connectivity index (χ4n) is 5.03. The Bertz CT molecular complexity index is 946. The third-order valence-corrected chi connectivity index (χ3v) is 9.00. The van der Waals surface area contributed by atoms with Crippen LogP contribution in [0.1, 0.15) is 48.8 Å². The molecule has 1 amide bonds. The first-order valence-electron chi connectivity index (χ1n) is 11.1. The maximum atomic E-state index is 13.3. The number of amides is 1. The summed E-state index contributed by atoms with van der Waals surface area (Å²) in [7, 11) is -1.83. The molecule has 1 heterocycles. The molecule has 1 aromatic carbocycles. The Labute approximate surface area is 186 Å². The summed E-state index contributed by atoms with van der Waals surface area (Å²) in [4.78, 5) is 16.9. The van der Waals surface area contributed by atoms with Gasteiger partial charge in [-0.1, -0.05) is 37.0 Å². The van der Waals surface area contributed by atoms with Crippen molar-refractivity contribution in [2.75, 3.05) is 39.8 Å². The quantitative estimate of drug-likeness (QED) is 0.694. The van der Waals surface area contributed by atoms with Crippen LogP contribution in [0.25, 0.3) is 0 Å². The lowest BCUT2D eigenvalue weighted by molar-refractivity contribution is -0.136. The lowest BCUT2D eigenvalue weighted by atomic mass is 9.81. The predicted molar refractivity (Wildman–Crippen MR) is 120 cm³/mol. The lowest BCUT2D eigenvalue weighted by Gasteiger charge is -2.40. The number of likely N-dealkylation sites (N-methyl/N-ethyl adjacent to an activating group) is 1. The Hall–Kier alpha value is -1.95. The minimum absolute atomic E-state index is 0.0648. The fourth-order valence-corrected chi connectivity index (χ4v) is 6.86. The van der Waals surface area contributed by atoms with E-state index in [1.54, 1.807) is 11.9 Å². The van der Waals surface area contributed by atoms with Crippen molar-refractivity contribution in [2.45, 2.75) is 63.3 Å². The summed E-state index contributed by atoms with van der Waals surface area (Å²) in [5.74, 6) is -0.0648. The van der Waals surface area contributed by atoms with Crippen LogP contribution in [0.5, 0.6) is 0 Å². The number of benzene rings is 1. The van der Waals surface area contributed by atoms with Gasteiger partial charge in [0, 0.05) is 33.2 Å². The highest BCUT2D eigenvalue weighted by Gasteiger charge is 2.39. The zero-order valence-electron chi connectivity index (χ0n) is 19.1. The highest BCUT2D eigenvalue weighted by Crippen LogP contribution is 2.32. The minimum atomic E-state index is -3.57. The van der Waals surface area contributed by atoms with E-state index in [0.717, 1.165) is 48.8 Å². The van der Waals surface area contributed by atoms with E-state index in [0.29, 0.717) is 31.1 Å². The Kier molecular flexibility index (Phi) is 7.09. The number of sulfonamides is 1. The van der Waals surface area contributed by atoms with Gasteiger partial charge in [-0.05, 0) is 44.7 Å². The molecular weight excluding hydrogens is 412 g/mol. The van der Waals surface area contributed by atoms with E-state index in [1.807, 2.05) is 37.8 Å². The number of aryl methyl sites for hydroxylation is 3. The molecule has 7 nitrogen and oxygen atoms in total. The highest BCUT2D eigenvalue weighted by molar-refractivity contribution is 7.89. The smallest absolute Gasteiger partial charge is 0.243 e. The van der Waals surface area contributed by atoms with E-state index >= 15 is 0 Å². The summed E-state index contributed by atoms with van der Waals surface area (Å²) in [6, 6.07) is 6.20. The number of hydrogen-bond donors (Lipinski definition) is 0. The summed E-state index contributed by atoms with van der Waals surface area (Å²) in [5.41, 5.74) is 1.90. The molecule has 1 aliphatic carbocycles. The van der Waals surface area contributed by atoms with Crippen molar-refractivity contribution in [3.63, 3.8) is 0 Å². The molecule has 0 N–H and O–H groups in total. The summed E-state index contributed by atoms with van der Waals surface area (Å²) in [5, 5.41) is 9.73. The van der Waals surface area contributed by atoms with Gasteiger partial charge in [0.2, 0.25) is 15.9 Å². The number of piperazine rings is 1. The van der Waals surface area contributed by atoms with Crippen LogP contribution in [0.3, 0.4) is 0 Å². The van der Waals surface area contributed by atoms with Gasteiger partial charge in [0.15, 0.2) is 0 Å². The van der Waals surface area contributed by atoms with Gasteiger partial charge in [-0.3, -0.25) is 9.69 Å². The fraction of sp³-hybridized carbons (Fsp3) is 0.652. The van der Waals surface area contributed by atoms with E-state index in [9.17, 15) is 18.5 Å². The maximum absolute atomic E-state index is 13.3. The van der Waals surface area contributed by atoms with E-state index in [1.165, 1.54) is 4.31 Å². The molecule has 170 valence electrons. The average Bonchev–Trinajstić information content (AvgIpc) is 2.73.